The molecular weight excluding hydrogens is 471 g/mol. The first-order valence-electron chi connectivity index (χ1n) is 8.95. The number of rotatable bonds is 6. The number of anilines is 1. The summed E-state index contributed by atoms with van der Waals surface area (Å²) in [5.41, 5.74) is 0.0554. The number of halogens is 2. The SMILES string of the molecule is O=Nc1ccc(NC(=O)c2cc(Cl)ccc2OC2OC(C(=O)O)C(O)C(O)C2O)c(Cl)c1. The molecule has 2 aromatic carbocycles. The minimum absolute atomic E-state index is 0.0346. The number of carboxylic acid groups (broad SMARTS) is 1. The molecule has 1 heterocycles. The van der Waals surface area contributed by atoms with Gasteiger partial charge in [-0.1, -0.05) is 23.2 Å². The molecule has 0 saturated carbocycles. The predicted molar refractivity (Wildman–Crippen MR) is 111 cm³/mol. The second kappa shape index (κ2) is 9.77. The largest absolute Gasteiger partial charge is 0.479 e. The van der Waals surface area contributed by atoms with Crippen molar-refractivity contribution >= 4 is 46.5 Å². The molecule has 0 radical (unpaired) electrons. The zero-order valence-electron chi connectivity index (χ0n) is 15.9. The Morgan fingerprint density at radius 2 is 1.75 bits per heavy atom. The van der Waals surface area contributed by atoms with Gasteiger partial charge in [-0.05, 0) is 41.6 Å². The maximum atomic E-state index is 12.8. The summed E-state index contributed by atoms with van der Waals surface area (Å²) in [6, 6.07) is 7.78. The lowest BCUT2D eigenvalue weighted by Gasteiger charge is -2.38. The Morgan fingerprint density at radius 3 is 2.38 bits per heavy atom. The molecule has 3 rings (SSSR count). The monoisotopic (exact) mass is 486 g/mol. The Hall–Kier alpha value is -2.80. The maximum absolute atomic E-state index is 12.8. The summed E-state index contributed by atoms with van der Waals surface area (Å²) in [6.45, 7) is 0. The summed E-state index contributed by atoms with van der Waals surface area (Å²) in [4.78, 5) is 34.7. The molecule has 5 atom stereocenters. The molecule has 0 aliphatic carbocycles. The van der Waals surface area contributed by atoms with E-state index in [0.29, 0.717) is 0 Å². The minimum Gasteiger partial charge on any atom is -0.479 e. The third-order valence-corrected chi connectivity index (χ3v) is 5.10. The molecule has 32 heavy (non-hydrogen) atoms. The zero-order valence-corrected chi connectivity index (χ0v) is 17.4. The van der Waals surface area contributed by atoms with E-state index in [4.69, 9.17) is 37.8 Å². The van der Waals surface area contributed by atoms with Crippen molar-refractivity contribution in [2.75, 3.05) is 5.32 Å². The van der Waals surface area contributed by atoms with Gasteiger partial charge in [0.25, 0.3) is 5.91 Å². The first kappa shape index (κ1) is 23.9. The second-order valence-electron chi connectivity index (χ2n) is 6.70. The highest BCUT2D eigenvalue weighted by atomic mass is 35.5. The summed E-state index contributed by atoms with van der Waals surface area (Å²) in [7, 11) is 0. The molecule has 0 bridgehead atoms. The molecule has 0 spiro atoms. The van der Waals surface area contributed by atoms with Gasteiger partial charge in [0.1, 0.15) is 29.7 Å². The first-order chi connectivity index (χ1) is 15.1. The van der Waals surface area contributed by atoms with E-state index in [0.717, 1.165) is 0 Å². The quantitative estimate of drug-likeness (QED) is 0.381. The van der Waals surface area contributed by atoms with E-state index < -0.39 is 42.6 Å². The number of aliphatic hydroxyl groups excluding tert-OH is 3. The van der Waals surface area contributed by atoms with E-state index >= 15 is 0 Å². The standard InChI is InChI=1S/C19H16Cl2N2O9/c20-7-1-4-12(31-19-15(26)13(24)14(25)16(32-19)18(28)29)9(5-7)17(27)22-11-3-2-8(23-30)6-10(11)21/h1-6,13-16,19,24-26H,(H,22,27)(H,28,29). The lowest BCUT2D eigenvalue weighted by Crippen LogP contribution is -2.61. The Bertz CT molecular complexity index is 1050. The second-order valence-corrected chi connectivity index (χ2v) is 7.55. The van der Waals surface area contributed by atoms with E-state index in [1.165, 1.54) is 36.4 Å². The van der Waals surface area contributed by atoms with Crippen LogP contribution < -0.4 is 10.1 Å². The number of carboxylic acids is 1. The summed E-state index contributed by atoms with van der Waals surface area (Å²) < 4.78 is 10.5. The minimum atomic E-state index is -1.90. The number of amides is 1. The Labute approximate surface area is 190 Å². The van der Waals surface area contributed by atoms with Crippen LogP contribution in [0.2, 0.25) is 10.0 Å². The number of nitroso groups, excluding NO2 is 1. The van der Waals surface area contributed by atoms with Crippen molar-refractivity contribution in [3.63, 3.8) is 0 Å². The topological polar surface area (TPSA) is 175 Å². The predicted octanol–water partition coefficient (Wildman–Crippen LogP) is 1.91. The molecule has 5 unspecified atom stereocenters. The average Bonchev–Trinajstić information content (AvgIpc) is 2.76. The number of carbonyl (C=O) groups is 2. The van der Waals surface area contributed by atoms with Crippen LogP contribution in [0, 0.1) is 4.91 Å². The maximum Gasteiger partial charge on any atom is 0.335 e. The van der Waals surface area contributed by atoms with Crippen molar-refractivity contribution in [1.29, 1.82) is 0 Å². The van der Waals surface area contributed by atoms with Crippen LogP contribution in [0.1, 0.15) is 10.4 Å². The molecule has 5 N–H and O–H groups in total. The highest BCUT2D eigenvalue weighted by Gasteiger charge is 2.48. The van der Waals surface area contributed by atoms with Crippen LogP contribution in [0.25, 0.3) is 0 Å². The van der Waals surface area contributed by atoms with Crippen LogP contribution >= 0.6 is 23.2 Å². The number of nitrogens with one attached hydrogen (secondary N) is 1. The van der Waals surface area contributed by atoms with Crippen LogP contribution in [-0.2, 0) is 9.53 Å². The smallest absolute Gasteiger partial charge is 0.335 e. The number of hydrogen-bond donors (Lipinski definition) is 5. The van der Waals surface area contributed by atoms with Crippen molar-refractivity contribution in [1.82, 2.24) is 0 Å². The summed E-state index contributed by atoms with van der Waals surface area (Å²) >= 11 is 12.0. The van der Waals surface area contributed by atoms with E-state index in [2.05, 4.69) is 10.5 Å². The Morgan fingerprint density at radius 1 is 1.03 bits per heavy atom. The lowest BCUT2D eigenvalue weighted by atomic mass is 9.99. The molecule has 11 nitrogen and oxygen atoms in total. The molecule has 2 aromatic rings. The van der Waals surface area contributed by atoms with Gasteiger partial charge in [0.05, 0.1) is 16.3 Å². The van der Waals surface area contributed by atoms with Gasteiger partial charge in [-0.25, -0.2) is 4.79 Å². The van der Waals surface area contributed by atoms with Crippen LogP contribution in [-0.4, -0.2) is 63.0 Å². The molecule has 1 aliphatic heterocycles. The fraction of sp³-hybridized carbons (Fsp3) is 0.263. The van der Waals surface area contributed by atoms with Crippen LogP contribution in [0.4, 0.5) is 11.4 Å². The molecule has 1 saturated heterocycles. The van der Waals surface area contributed by atoms with Crippen molar-refractivity contribution in [2.24, 2.45) is 5.18 Å². The van der Waals surface area contributed by atoms with Gasteiger partial charge >= 0.3 is 5.97 Å². The van der Waals surface area contributed by atoms with Gasteiger partial charge in [-0.2, -0.15) is 0 Å². The van der Waals surface area contributed by atoms with E-state index in [1.807, 2.05) is 0 Å². The molecule has 1 aliphatic rings. The first-order valence-corrected chi connectivity index (χ1v) is 9.71. The van der Waals surface area contributed by atoms with E-state index in [1.54, 1.807) is 0 Å². The summed E-state index contributed by atoms with van der Waals surface area (Å²) in [6.07, 6.45) is -9.23. The number of carbonyl (C=O) groups excluding carboxylic acids is 1. The van der Waals surface area contributed by atoms with Gasteiger partial charge in [0.2, 0.25) is 6.29 Å². The van der Waals surface area contributed by atoms with Gasteiger partial charge < -0.3 is 35.2 Å². The Balaban J connectivity index is 1.87. The third kappa shape index (κ3) is 4.99. The molecule has 13 heteroatoms. The summed E-state index contributed by atoms with van der Waals surface area (Å²) in [5, 5.41) is 44.4. The van der Waals surface area contributed by atoms with E-state index in [9.17, 15) is 29.8 Å². The number of benzene rings is 2. The number of aliphatic hydroxyl groups is 3. The van der Waals surface area contributed by atoms with Gasteiger partial charge in [0, 0.05) is 5.02 Å². The van der Waals surface area contributed by atoms with E-state index in [-0.39, 0.29) is 32.7 Å². The molecular formula is C19H16Cl2N2O9. The molecule has 0 aromatic heterocycles. The van der Waals surface area contributed by atoms with Crippen LogP contribution in [0.5, 0.6) is 5.75 Å². The zero-order chi connectivity index (χ0) is 23.6. The van der Waals surface area contributed by atoms with Crippen molar-refractivity contribution < 1.29 is 39.5 Å². The van der Waals surface area contributed by atoms with Gasteiger partial charge in [-0.3, -0.25) is 4.79 Å². The molecule has 170 valence electrons. The van der Waals surface area contributed by atoms with Crippen molar-refractivity contribution in [2.45, 2.75) is 30.7 Å². The van der Waals surface area contributed by atoms with Gasteiger partial charge in [-0.15, -0.1) is 4.91 Å². The fourth-order valence-electron chi connectivity index (χ4n) is 2.91. The van der Waals surface area contributed by atoms with Crippen LogP contribution in [0.15, 0.2) is 41.6 Å². The normalized spacial score (nSPS) is 25.1. The van der Waals surface area contributed by atoms with Gasteiger partial charge in [0.15, 0.2) is 6.10 Å². The Kier molecular flexibility index (Phi) is 7.29. The average molecular weight is 487 g/mol. The number of nitrogens with zero attached hydrogens (tertiary/aromatic N) is 1. The highest BCUT2D eigenvalue weighted by molar-refractivity contribution is 6.34. The fourth-order valence-corrected chi connectivity index (χ4v) is 3.30. The van der Waals surface area contributed by atoms with Crippen LogP contribution in [0.3, 0.4) is 0 Å². The number of hydrogen-bond acceptors (Lipinski definition) is 9. The summed E-state index contributed by atoms with van der Waals surface area (Å²) in [5.74, 6) is -2.52. The number of ether oxygens (including phenoxy) is 2. The lowest BCUT2D eigenvalue weighted by molar-refractivity contribution is -0.271. The third-order valence-electron chi connectivity index (χ3n) is 4.55. The highest BCUT2D eigenvalue weighted by Crippen LogP contribution is 2.31. The molecule has 1 fully saturated rings. The molecule has 1 amide bonds. The van der Waals surface area contributed by atoms with Crippen molar-refractivity contribution in [3.8, 4) is 5.75 Å². The van der Waals surface area contributed by atoms with Crippen molar-refractivity contribution in [3.05, 3.63) is 56.9 Å². The number of aliphatic carboxylic acids is 1.